The molecule has 0 saturated carbocycles. The van der Waals surface area contributed by atoms with Gasteiger partial charge in [-0.05, 0) is 19.0 Å². The smallest absolute Gasteiger partial charge is 0.257 e. The van der Waals surface area contributed by atoms with E-state index in [1.165, 1.54) is 0 Å². The summed E-state index contributed by atoms with van der Waals surface area (Å²) in [5.41, 5.74) is 0.575. The van der Waals surface area contributed by atoms with Gasteiger partial charge in [0.2, 0.25) is 0 Å². The zero-order chi connectivity index (χ0) is 17.2. The maximum Gasteiger partial charge on any atom is 0.257 e. The molecule has 1 unspecified atom stereocenters. The third-order valence-electron chi connectivity index (χ3n) is 4.46. The SMILES string of the molecule is CC(C)NCCCN1C(=O)c2ccccc2C1(O)c1ccccc1.Cl. The summed E-state index contributed by atoms with van der Waals surface area (Å²) in [4.78, 5) is 14.5. The second kappa shape index (κ2) is 8.00. The van der Waals surface area contributed by atoms with Crippen molar-refractivity contribution in [3.05, 3.63) is 71.3 Å². The highest BCUT2D eigenvalue weighted by Gasteiger charge is 2.49. The van der Waals surface area contributed by atoms with E-state index in [2.05, 4.69) is 19.2 Å². The van der Waals surface area contributed by atoms with Crippen LogP contribution < -0.4 is 5.32 Å². The Morgan fingerprint density at radius 3 is 2.40 bits per heavy atom. The fourth-order valence-corrected chi connectivity index (χ4v) is 3.28. The van der Waals surface area contributed by atoms with Gasteiger partial charge in [-0.25, -0.2) is 0 Å². The largest absolute Gasteiger partial charge is 0.363 e. The first-order chi connectivity index (χ1) is 11.5. The van der Waals surface area contributed by atoms with E-state index in [-0.39, 0.29) is 18.3 Å². The van der Waals surface area contributed by atoms with Crippen molar-refractivity contribution in [3.8, 4) is 0 Å². The number of hydrogen-bond acceptors (Lipinski definition) is 3. The minimum atomic E-state index is -1.40. The molecule has 0 spiro atoms. The molecule has 5 heteroatoms. The summed E-state index contributed by atoms with van der Waals surface area (Å²) in [5, 5.41) is 14.9. The topological polar surface area (TPSA) is 52.6 Å². The van der Waals surface area contributed by atoms with Crippen LogP contribution >= 0.6 is 12.4 Å². The van der Waals surface area contributed by atoms with Crippen LogP contribution in [0.25, 0.3) is 0 Å². The Bertz CT molecular complexity index is 721. The average molecular weight is 361 g/mol. The molecule has 2 aromatic carbocycles. The van der Waals surface area contributed by atoms with E-state index in [0.717, 1.165) is 18.5 Å². The molecular formula is C20H25ClN2O2. The summed E-state index contributed by atoms with van der Waals surface area (Å²) in [6, 6.07) is 17.2. The van der Waals surface area contributed by atoms with Gasteiger partial charge in [0.25, 0.3) is 5.91 Å². The third-order valence-corrected chi connectivity index (χ3v) is 4.46. The fraction of sp³-hybridized carbons (Fsp3) is 0.350. The van der Waals surface area contributed by atoms with Crippen LogP contribution in [0.3, 0.4) is 0 Å². The molecule has 0 aromatic heterocycles. The van der Waals surface area contributed by atoms with Gasteiger partial charge in [0.1, 0.15) is 0 Å². The lowest BCUT2D eigenvalue weighted by molar-refractivity contribution is -0.0502. The molecule has 2 N–H and O–H groups in total. The van der Waals surface area contributed by atoms with Crippen LogP contribution in [0.4, 0.5) is 0 Å². The Morgan fingerprint density at radius 1 is 1.08 bits per heavy atom. The highest BCUT2D eigenvalue weighted by molar-refractivity contribution is 6.00. The van der Waals surface area contributed by atoms with Crippen molar-refractivity contribution in [1.82, 2.24) is 10.2 Å². The summed E-state index contributed by atoms with van der Waals surface area (Å²) >= 11 is 0. The van der Waals surface area contributed by atoms with Gasteiger partial charge in [0.05, 0.1) is 0 Å². The van der Waals surface area contributed by atoms with Gasteiger partial charge in [-0.15, -0.1) is 12.4 Å². The van der Waals surface area contributed by atoms with Gasteiger partial charge in [0, 0.05) is 29.3 Å². The highest BCUT2D eigenvalue weighted by Crippen LogP contribution is 2.41. The summed E-state index contributed by atoms with van der Waals surface area (Å²) in [5.74, 6) is -0.110. The Morgan fingerprint density at radius 2 is 1.72 bits per heavy atom. The number of benzene rings is 2. The highest BCUT2D eigenvalue weighted by atomic mass is 35.5. The second-order valence-corrected chi connectivity index (χ2v) is 6.50. The van der Waals surface area contributed by atoms with Crippen molar-refractivity contribution in [2.75, 3.05) is 13.1 Å². The first-order valence-corrected chi connectivity index (χ1v) is 8.48. The average Bonchev–Trinajstić information content (AvgIpc) is 2.82. The van der Waals surface area contributed by atoms with Crippen molar-refractivity contribution >= 4 is 18.3 Å². The first kappa shape index (κ1) is 19.4. The summed E-state index contributed by atoms with van der Waals surface area (Å²) in [7, 11) is 0. The number of halogens is 1. The summed E-state index contributed by atoms with van der Waals surface area (Å²) in [6.07, 6.45) is 0.785. The second-order valence-electron chi connectivity index (χ2n) is 6.50. The number of aliphatic hydroxyl groups is 1. The van der Waals surface area contributed by atoms with E-state index < -0.39 is 5.72 Å². The minimum absolute atomic E-state index is 0. The number of amides is 1. The maximum atomic E-state index is 12.9. The van der Waals surface area contributed by atoms with Crippen LogP contribution in [-0.2, 0) is 5.72 Å². The zero-order valence-corrected chi connectivity index (χ0v) is 15.4. The van der Waals surface area contributed by atoms with Gasteiger partial charge in [0.15, 0.2) is 5.72 Å². The molecule has 1 aliphatic heterocycles. The molecule has 4 nitrogen and oxygen atoms in total. The number of nitrogens with zero attached hydrogens (tertiary/aromatic N) is 1. The van der Waals surface area contributed by atoms with E-state index in [1.54, 1.807) is 11.0 Å². The maximum absolute atomic E-state index is 12.9. The van der Waals surface area contributed by atoms with Crippen LogP contribution in [-0.4, -0.2) is 35.0 Å². The number of rotatable bonds is 6. The summed E-state index contributed by atoms with van der Waals surface area (Å²) in [6.45, 7) is 5.50. The predicted molar refractivity (Wildman–Crippen MR) is 102 cm³/mol. The van der Waals surface area contributed by atoms with Crippen molar-refractivity contribution < 1.29 is 9.90 Å². The number of nitrogens with one attached hydrogen (secondary N) is 1. The Hall–Kier alpha value is -1.88. The van der Waals surface area contributed by atoms with Gasteiger partial charge in [-0.1, -0.05) is 62.4 Å². The Balaban J connectivity index is 0.00000225. The van der Waals surface area contributed by atoms with Gasteiger partial charge < -0.3 is 15.3 Å². The molecule has 0 bridgehead atoms. The van der Waals surface area contributed by atoms with Gasteiger partial charge in [-0.2, -0.15) is 0 Å². The minimum Gasteiger partial charge on any atom is -0.363 e. The van der Waals surface area contributed by atoms with Gasteiger partial charge >= 0.3 is 0 Å². The molecule has 1 aliphatic rings. The molecule has 134 valence electrons. The fourth-order valence-electron chi connectivity index (χ4n) is 3.28. The number of carbonyl (C=O) groups is 1. The molecule has 25 heavy (non-hydrogen) atoms. The monoisotopic (exact) mass is 360 g/mol. The predicted octanol–water partition coefficient (Wildman–Crippen LogP) is 3.15. The Kier molecular flexibility index (Phi) is 6.22. The van der Waals surface area contributed by atoms with Gasteiger partial charge in [-0.3, -0.25) is 4.79 Å². The molecule has 0 saturated heterocycles. The van der Waals surface area contributed by atoms with Crippen LogP contribution in [0, 0.1) is 0 Å². The lowest BCUT2D eigenvalue weighted by atomic mass is 9.94. The zero-order valence-electron chi connectivity index (χ0n) is 14.6. The van der Waals surface area contributed by atoms with Crippen LogP contribution in [0.15, 0.2) is 54.6 Å². The summed E-state index contributed by atoms with van der Waals surface area (Å²) < 4.78 is 0. The number of carbonyl (C=O) groups excluding carboxylic acids is 1. The molecule has 1 heterocycles. The van der Waals surface area contributed by atoms with E-state index >= 15 is 0 Å². The number of hydrogen-bond donors (Lipinski definition) is 2. The van der Waals surface area contributed by atoms with E-state index in [4.69, 9.17) is 0 Å². The molecular weight excluding hydrogens is 336 g/mol. The van der Waals surface area contributed by atoms with Crippen molar-refractivity contribution in [2.24, 2.45) is 0 Å². The normalized spacial score (nSPS) is 19.0. The molecule has 0 fully saturated rings. The standard InChI is InChI=1S/C20H24N2O2.ClH/c1-15(2)21-13-8-14-22-19(23)17-11-6-7-12-18(17)20(22,24)16-9-4-3-5-10-16;/h3-7,9-12,15,21,24H,8,13-14H2,1-2H3;1H. The number of fused-ring (bicyclic) bond motifs is 1. The molecule has 2 aromatic rings. The van der Waals surface area contributed by atoms with Crippen LogP contribution in [0.2, 0.25) is 0 Å². The molecule has 1 atom stereocenters. The van der Waals surface area contributed by atoms with Crippen molar-refractivity contribution in [1.29, 1.82) is 0 Å². The lowest BCUT2D eigenvalue weighted by Gasteiger charge is -2.35. The third kappa shape index (κ3) is 3.56. The quantitative estimate of drug-likeness (QED) is 0.778. The molecule has 0 radical (unpaired) electrons. The van der Waals surface area contributed by atoms with Crippen molar-refractivity contribution in [2.45, 2.75) is 32.0 Å². The van der Waals surface area contributed by atoms with E-state index in [9.17, 15) is 9.90 Å². The first-order valence-electron chi connectivity index (χ1n) is 8.48. The molecule has 0 aliphatic carbocycles. The lowest BCUT2D eigenvalue weighted by Crippen LogP contribution is -2.45. The van der Waals surface area contributed by atoms with E-state index in [0.29, 0.717) is 23.7 Å². The van der Waals surface area contributed by atoms with Crippen molar-refractivity contribution in [3.63, 3.8) is 0 Å². The van der Waals surface area contributed by atoms with Crippen LogP contribution in [0.5, 0.6) is 0 Å². The van der Waals surface area contributed by atoms with E-state index in [1.807, 2.05) is 48.5 Å². The Labute approximate surface area is 155 Å². The van der Waals surface area contributed by atoms with Crippen LogP contribution in [0.1, 0.15) is 41.8 Å². The molecule has 1 amide bonds. The molecule has 3 rings (SSSR count).